The zero-order chi connectivity index (χ0) is 39.1. The second kappa shape index (κ2) is 17.6. The lowest BCUT2D eigenvalue weighted by Crippen LogP contribution is -2.39. The number of benzene rings is 4. The summed E-state index contributed by atoms with van der Waals surface area (Å²) >= 11 is 13.4. The highest BCUT2D eigenvalue weighted by molar-refractivity contribution is 6.32. The minimum absolute atomic E-state index is 0.0582. The Kier molecular flexibility index (Phi) is 12.5. The molecule has 282 valence electrons. The number of methoxy groups -OCH3 is 1. The van der Waals surface area contributed by atoms with Crippen LogP contribution in [0.1, 0.15) is 38.9 Å². The third-order valence-electron chi connectivity index (χ3n) is 9.25. The number of nitrogens with zero attached hydrogens (tertiary/aromatic N) is 4. The van der Waals surface area contributed by atoms with E-state index in [2.05, 4.69) is 35.4 Å². The van der Waals surface area contributed by atoms with Gasteiger partial charge >= 0.3 is 5.97 Å². The molecule has 0 saturated heterocycles. The minimum Gasteiger partial charge on any atom is -0.496 e. The number of rotatable bonds is 16. The van der Waals surface area contributed by atoms with E-state index < -0.39 is 18.6 Å². The molecular weight excluding hydrogens is 743 g/mol. The number of nitrogens with one attached hydrogen (secondary N) is 1. The van der Waals surface area contributed by atoms with Crippen molar-refractivity contribution in [2.75, 3.05) is 13.7 Å². The van der Waals surface area contributed by atoms with E-state index in [1.54, 1.807) is 43.6 Å². The summed E-state index contributed by atoms with van der Waals surface area (Å²) in [6.07, 6.45) is 4.90. The van der Waals surface area contributed by atoms with Crippen molar-refractivity contribution in [3.8, 4) is 34.4 Å². The molecule has 1 atom stereocenters. The zero-order valence-electron chi connectivity index (χ0n) is 30.1. The van der Waals surface area contributed by atoms with E-state index in [0.717, 1.165) is 38.7 Å². The summed E-state index contributed by atoms with van der Waals surface area (Å²) in [6.45, 7) is 2.49. The van der Waals surface area contributed by atoms with Crippen molar-refractivity contribution in [2.45, 2.75) is 45.8 Å². The average Bonchev–Trinajstić information content (AvgIpc) is 3.61. The number of nitrogens with two attached hydrogens (primary N) is 1. The second-order valence-corrected chi connectivity index (χ2v) is 13.5. The lowest BCUT2D eigenvalue weighted by atomic mass is 9.94. The van der Waals surface area contributed by atoms with Crippen LogP contribution in [0.15, 0.2) is 85.3 Å². The number of carboxylic acids is 1. The van der Waals surface area contributed by atoms with E-state index in [0.29, 0.717) is 62.6 Å². The molecule has 0 fully saturated rings. The molecule has 0 bridgehead atoms. The Hall–Kier alpha value is -5.68. The van der Waals surface area contributed by atoms with Crippen molar-refractivity contribution in [1.82, 2.24) is 20.1 Å². The van der Waals surface area contributed by atoms with Gasteiger partial charge in [-0.05, 0) is 65.1 Å². The fraction of sp³-hybridized carbons (Fsp3) is 0.220. The Morgan fingerprint density at radius 3 is 2.44 bits per heavy atom. The van der Waals surface area contributed by atoms with Crippen LogP contribution in [0.4, 0.5) is 0 Å². The highest BCUT2D eigenvalue weighted by Crippen LogP contribution is 2.36. The van der Waals surface area contributed by atoms with Gasteiger partial charge in [-0.2, -0.15) is 10.4 Å². The Morgan fingerprint density at radius 1 is 0.927 bits per heavy atom. The van der Waals surface area contributed by atoms with E-state index in [4.69, 9.17) is 48.2 Å². The first kappa shape index (κ1) is 39.0. The number of pyridine rings is 1. The van der Waals surface area contributed by atoms with Gasteiger partial charge in [-0.15, -0.1) is 0 Å². The van der Waals surface area contributed by atoms with Crippen LogP contribution >= 0.6 is 23.2 Å². The predicted molar refractivity (Wildman–Crippen MR) is 209 cm³/mol. The quantitative estimate of drug-likeness (QED) is 0.0813. The summed E-state index contributed by atoms with van der Waals surface area (Å²) in [4.78, 5) is 15.7. The molecule has 4 aromatic carbocycles. The molecule has 5 N–H and O–H groups in total. The Bertz CT molecular complexity index is 2390. The van der Waals surface area contributed by atoms with E-state index in [-0.39, 0.29) is 19.8 Å². The average molecular weight is 782 g/mol. The van der Waals surface area contributed by atoms with E-state index >= 15 is 0 Å². The molecule has 14 heteroatoms. The lowest BCUT2D eigenvalue weighted by Gasteiger charge is -2.18. The number of aromatic nitrogens is 3. The highest BCUT2D eigenvalue weighted by atomic mass is 35.5. The number of nitriles is 1. The van der Waals surface area contributed by atoms with Crippen LogP contribution in [0.5, 0.6) is 17.2 Å². The summed E-state index contributed by atoms with van der Waals surface area (Å²) in [7, 11) is 1.58. The normalized spacial score (nSPS) is 11.7. The standard InChI is InChI=1S/C41H38Cl2N6O6/c1-24-27(23-55-40-13-38(53-2)28(15-45)10-35(40)43)5-3-6-31(24)32-7-4-8-37-33(32)19-48-49(37)20-30-12-39(54-22-26-9-25(14-44)16-46-17-26)29(11-34(30)42)18-47-36(21-50)41(51)52/h3-13,16-17,19,36,47,50H,15,18,20-23,45H2,1-2H3,(H,51,52)/t36-/m0/s1. The van der Waals surface area contributed by atoms with Crippen LogP contribution in [-0.2, 0) is 37.6 Å². The summed E-state index contributed by atoms with van der Waals surface area (Å²) < 4.78 is 19.7. The molecule has 0 amide bonds. The van der Waals surface area contributed by atoms with Gasteiger partial charge in [-0.25, -0.2) is 0 Å². The van der Waals surface area contributed by atoms with Gasteiger partial charge in [0.15, 0.2) is 0 Å². The van der Waals surface area contributed by atoms with Crippen molar-refractivity contribution < 1.29 is 29.2 Å². The maximum Gasteiger partial charge on any atom is 0.323 e. The Morgan fingerprint density at radius 2 is 1.69 bits per heavy atom. The smallest absolute Gasteiger partial charge is 0.323 e. The maximum atomic E-state index is 11.6. The number of aliphatic carboxylic acids is 1. The summed E-state index contributed by atoms with van der Waals surface area (Å²) in [5.74, 6) is 0.367. The van der Waals surface area contributed by atoms with Crippen molar-refractivity contribution in [1.29, 1.82) is 5.26 Å². The van der Waals surface area contributed by atoms with Gasteiger partial charge < -0.3 is 30.2 Å². The first-order valence-electron chi connectivity index (χ1n) is 17.2. The van der Waals surface area contributed by atoms with Crippen LogP contribution < -0.4 is 25.3 Å². The number of halogens is 2. The predicted octanol–water partition coefficient (Wildman–Crippen LogP) is 6.79. The molecular formula is C41H38Cl2N6O6. The summed E-state index contributed by atoms with van der Waals surface area (Å²) in [5, 5.41) is 37.7. The van der Waals surface area contributed by atoms with Crippen molar-refractivity contribution >= 4 is 40.1 Å². The first-order chi connectivity index (χ1) is 26.6. The zero-order valence-corrected chi connectivity index (χ0v) is 31.6. The number of ether oxygens (including phenoxy) is 3. The maximum absolute atomic E-state index is 11.6. The topological polar surface area (TPSA) is 178 Å². The van der Waals surface area contributed by atoms with Crippen LogP contribution in [-0.4, -0.2) is 50.7 Å². The molecule has 0 radical (unpaired) electrons. The van der Waals surface area contributed by atoms with Gasteiger partial charge in [0.1, 0.15) is 42.6 Å². The molecule has 12 nitrogen and oxygen atoms in total. The molecule has 55 heavy (non-hydrogen) atoms. The van der Waals surface area contributed by atoms with E-state index in [1.165, 1.54) is 6.20 Å². The van der Waals surface area contributed by atoms with E-state index in [1.807, 2.05) is 35.1 Å². The summed E-state index contributed by atoms with van der Waals surface area (Å²) in [5.41, 5.74) is 13.9. The van der Waals surface area contributed by atoms with Gasteiger partial charge in [0.05, 0.1) is 42.6 Å². The molecule has 0 aliphatic carbocycles. The van der Waals surface area contributed by atoms with Crippen LogP contribution in [0.2, 0.25) is 10.0 Å². The van der Waals surface area contributed by atoms with Gasteiger partial charge in [-0.3, -0.25) is 19.8 Å². The fourth-order valence-corrected chi connectivity index (χ4v) is 6.72. The molecule has 0 saturated carbocycles. The Labute approximate surface area is 327 Å². The molecule has 2 heterocycles. The third-order valence-corrected chi connectivity index (χ3v) is 9.90. The van der Waals surface area contributed by atoms with Crippen LogP contribution in [0, 0.1) is 18.3 Å². The van der Waals surface area contributed by atoms with Crippen molar-refractivity contribution in [3.63, 3.8) is 0 Å². The van der Waals surface area contributed by atoms with Crippen LogP contribution in [0.25, 0.3) is 22.0 Å². The summed E-state index contributed by atoms with van der Waals surface area (Å²) in [6, 6.07) is 21.7. The van der Waals surface area contributed by atoms with E-state index in [9.17, 15) is 20.3 Å². The number of hydrogen-bond donors (Lipinski definition) is 4. The first-order valence-corrected chi connectivity index (χ1v) is 18.0. The van der Waals surface area contributed by atoms with Crippen molar-refractivity contribution in [2.24, 2.45) is 5.73 Å². The van der Waals surface area contributed by atoms with Gasteiger partial charge in [-0.1, -0.05) is 53.5 Å². The molecule has 6 aromatic rings. The van der Waals surface area contributed by atoms with Crippen LogP contribution in [0.3, 0.4) is 0 Å². The van der Waals surface area contributed by atoms with Crippen molar-refractivity contribution in [3.05, 3.63) is 134 Å². The molecule has 0 spiro atoms. The number of aliphatic hydroxyl groups excluding tert-OH is 1. The molecule has 0 unspecified atom stereocenters. The molecule has 6 rings (SSSR count). The van der Waals surface area contributed by atoms with Gasteiger partial charge in [0.2, 0.25) is 0 Å². The second-order valence-electron chi connectivity index (χ2n) is 12.7. The molecule has 0 aliphatic rings. The Balaban J connectivity index is 1.28. The molecule has 2 aromatic heterocycles. The number of aliphatic hydroxyl groups is 1. The number of hydrogen-bond acceptors (Lipinski definition) is 10. The SMILES string of the molecule is COc1cc(OCc2cccc(-c3cccc4c3cnn4Cc3cc(OCc4cncc(C#N)c4)c(CN[C@@H](CO)C(=O)O)cc3Cl)c2C)c(Cl)cc1CN. The lowest BCUT2D eigenvalue weighted by molar-refractivity contribution is -0.140. The fourth-order valence-electron chi connectivity index (χ4n) is 6.23. The minimum atomic E-state index is -1.19. The monoisotopic (exact) mass is 780 g/mol. The highest BCUT2D eigenvalue weighted by Gasteiger charge is 2.19. The van der Waals surface area contributed by atoms with Gasteiger partial charge in [0.25, 0.3) is 0 Å². The van der Waals surface area contributed by atoms with Gasteiger partial charge in [0, 0.05) is 58.6 Å². The number of fused-ring (bicyclic) bond motifs is 1. The largest absolute Gasteiger partial charge is 0.496 e. The number of carbonyl (C=O) groups is 1. The molecule has 0 aliphatic heterocycles. The number of carboxylic acid groups (broad SMARTS) is 1. The third kappa shape index (κ3) is 8.84.